The van der Waals surface area contributed by atoms with Gasteiger partial charge in [0.25, 0.3) is 10.0 Å². The van der Waals surface area contributed by atoms with E-state index in [4.69, 9.17) is 16.3 Å². The molecule has 0 radical (unpaired) electrons. The summed E-state index contributed by atoms with van der Waals surface area (Å²) >= 11 is 5.99. The highest BCUT2D eigenvalue weighted by Gasteiger charge is 2.23. The van der Waals surface area contributed by atoms with Crippen molar-refractivity contribution in [1.29, 1.82) is 0 Å². The van der Waals surface area contributed by atoms with Gasteiger partial charge in [-0.05, 0) is 54.7 Å². The Morgan fingerprint density at radius 1 is 1.10 bits per heavy atom. The predicted molar refractivity (Wildman–Crippen MR) is 114 cm³/mol. The second kappa shape index (κ2) is 9.77. The number of esters is 1. The van der Waals surface area contributed by atoms with Crippen molar-refractivity contribution in [2.24, 2.45) is 5.92 Å². The molecular formula is C21H21ClN2O5S. The van der Waals surface area contributed by atoms with Crippen LogP contribution in [0.25, 0.3) is 6.08 Å². The number of hydrogen-bond acceptors (Lipinski definition) is 5. The van der Waals surface area contributed by atoms with E-state index in [0.717, 1.165) is 12.8 Å². The number of sulfonamides is 1. The number of rotatable bonds is 9. The molecule has 30 heavy (non-hydrogen) atoms. The Morgan fingerprint density at radius 2 is 1.80 bits per heavy atom. The molecule has 7 nitrogen and oxygen atoms in total. The molecule has 2 aromatic rings. The van der Waals surface area contributed by atoms with Crippen LogP contribution in [0.1, 0.15) is 18.4 Å². The van der Waals surface area contributed by atoms with Crippen LogP contribution in [0.2, 0.25) is 5.02 Å². The third-order valence-electron chi connectivity index (χ3n) is 4.32. The summed E-state index contributed by atoms with van der Waals surface area (Å²) in [5.74, 6) is -0.448. The molecule has 0 aliphatic heterocycles. The van der Waals surface area contributed by atoms with Crippen molar-refractivity contribution in [2.45, 2.75) is 17.7 Å². The smallest absolute Gasteiger partial charge is 0.325 e. The molecule has 9 heteroatoms. The van der Waals surface area contributed by atoms with E-state index in [-0.39, 0.29) is 17.1 Å². The number of halogens is 1. The minimum absolute atomic E-state index is 0.0578. The molecule has 1 amide bonds. The minimum Gasteiger partial charge on any atom is -0.464 e. The number of nitrogens with one attached hydrogen (secondary N) is 2. The van der Waals surface area contributed by atoms with Crippen LogP contribution in [0, 0.1) is 5.92 Å². The van der Waals surface area contributed by atoms with Gasteiger partial charge in [-0.25, -0.2) is 8.42 Å². The third kappa shape index (κ3) is 6.60. The monoisotopic (exact) mass is 448 g/mol. The molecule has 0 atom stereocenters. The van der Waals surface area contributed by atoms with E-state index in [0.29, 0.717) is 23.1 Å². The number of amides is 1. The second-order valence-corrected chi connectivity index (χ2v) is 8.92. The summed E-state index contributed by atoms with van der Waals surface area (Å²) in [7, 11) is -3.80. The molecular weight excluding hydrogens is 428 g/mol. The standard InChI is InChI=1S/C21H21ClN2O5S/c22-18-3-1-2-4-19(18)24-30(27,28)17-10-7-15(8-11-17)9-12-20(25)23-13-21(26)29-14-16-5-6-16/h1-4,7-12,16,24H,5-6,13-14H2,(H,23,25)/b12-9+. The van der Waals surface area contributed by atoms with Crippen LogP contribution >= 0.6 is 11.6 Å². The highest BCUT2D eigenvalue weighted by Crippen LogP contribution is 2.28. The van der Waals surface area contributed by atoms with Gasteiger partial charge in [-0.15, -0.1) is 0 Å². The summed E-state index contributed by atoms with van der Waals surface area (Å²) in [6.45, 7) is 0.214. The second-order valence-electron chi connectivity index (χ2n) is 6.83. The molecule has 2 aromatic carbocycles. The van der Waals surface area contributed by atoms with Crippen molar-refractivity contribution in [3.8, 4) is 0 Å². The third-order valence-corrected chi connectivity index (χ3v) is 6.03. The van der Waals surface area contributed by atoms with E-state index in [2.05, 4.69) is 10.0 Å². The predicted octanol–water partition coefficient (Wildman–Crippen LogP) is 3.22. The van der Waals surface area contributed by atoms with Gasteiger partial charge in [0.15, 0.2) is 0 Å². The Balaban J connectivity index is 1.52. The van der Waals surface area contributed by atoms with Crippen LogP contribution in [0.3, 0.4) is 0 Å². The molecule has 0 bridgehead atoms. The summed E-state index contributed by atoms with van der Waals surface area (Å²) in [4.78, 5) is 23.4. The van der Waals surface area contributed by atoms with Crippen molar-refractivity contribution in [1.82, 2.24) is 5.32 Å². The molecule has 158 valence electrons. The van der Waals surface area contributed by atoms with E-state index in [1.807, 2.05) is 0 Å². The Labute approximate surface area is 180 Å². The summed E-state index contributed by atoms with van der Waals surface area (Å²) < 4.78 is 32.4. The number of carbonyl (C=O) groups is 2. The summed E-state index contributed by atoms with van der Waals surface area (Å²) in [5, 5.41) is 2.74. The number of hydrogen-bond donors (Lipinski definition) is 2. The number of anilines is 1. The van der Waals surface area contributed by atoms with Gasteiger partial charge in [0.1, 0.15) is 6.54 Å². The normalized spacial score (nSPS) is 13.8. The lowest BCUT2D eigenvalue weighted by molar-refractivity contribution is -0.144. The molecule has 0 saturated heterocycles. The largest absolute Gasteiger partial charge is 0.464 e. The fraction of sp³-hybridized carbons (Fsp3) is 0.238. The lowest BCUT2D eigenvalue weighted by Crippen LogP contribution is -2.29. The van der Waals surface area contributed by atoms with Gasteiger partial charge in [0.05, 0.1) is 22.2 Å². The zero-order valence-corrected chi connectivity index (χ0v) is 17.6. The van der Waals surface area contributed by atoms with Gasteiger partial charge in [-0.1, -0.05) is 35.9 Å². The molecule has 1 saturated carbocycles. The number of carbonyl (C=O) groups excluding carboxylic acids is 2. The van der Waals surface area contributed by atoms with Gasteiger partial charge >= 0.3 is 5.97 Å². The fourth-order valence-corrected chi connectivity index (χ4v) is 3.76. The highest BCUT2D eigenvalue weighted by atomic mass is 35.5. The maximum atomic E-state index is 12.5. The Morgan fingerprint density at radius 3 is 2.47 bits per heavy atom. The van der Waals surface area contributed by atoms with E-state index < -0.39 is 21.9 Å². The molecule has 3 rings (SSSR count). The first kappa shape index (κ1) is 21.9. The zero-order chi connectivity index (χ0) is 21.6. The molecule has 1 fully saturated rings. The lowest BCUT2D eigenvalue weighted by Gasteiger charge is -2.09. The average molecular weight is 449 g/mol. The minimum atomic E-state index is -3.80. The Bertz CT molecular complexity index is 1050. The Kier molecular flexibility index (Phi) is 7.12. The van der Waals surface area contributed by atoms with Crippen molar-refractivity contribution in [3.63, 3.8) is 0 Å². The van der Waals surface area contributed by atoms with Crippen LogP contribution < -0.4 is 10.0 Å². The molecule has 1 aliphatic rings. The molecule has 0 aromatic heterocycles. The van der Waals surface area contributed by atoms with Gasteiger partial charge in [0, 0.05) is 6.08 Å². The molecule has 0 unspecified atom stereocenters. The van der Waals surface area contributed by atoms with Crippen molar-refractivity contribution in [2.75, 3.05) is 17.9 Å². The van der Waals surface area contributed by atoms with Gasteiger partial charge in [0.2, 0.25) is 5.91 Å². The van der Waals surface area contributed by atoms with E-state index in [9.17, 15) is 18.0 Å². The van der Waals surface area contributed by atoms with Crippen LogP contribution in [-0.2, 0) is 24.3 Å². The Hall–Kier alpha value is -2.84. The summed E-state index contributed by atoms with van der Waals surface area (Å²) in [6.07, 6.45) is 4.94. The van der Waals surface area contributed by atoms with Crippen LogP contribution in [0.4, 0.5) is 5.69 Å². The van der Waals surface area contributed by atoms with Gasteiger partial charge in [-0.2, -0.15) is 0 Å². The van der Waals surface area contributed by atoms with Crippen molar-refractivity contribution in [3.05, 3.63) is 65.2 Å². The SMILES string of the molecule is O=C(/C=C/c1ccc(S(=O)(=O)Nc2ccccc2Cl)cc1)NCC(=O)OCC1CC1. The van der Waals surface area contributed by atoms with E-state index >= 15 is 0 Å². The van der Waals surface area contributed by atoms with Gasteiger partial charge in [-0.3, -0.25) is 14.3 Å². The van der Waals surface area contributed by atoms with Crippen LogP contribution in [-0.4, -0.2) is 33.4 Å². The number of ether oxygens (including phenoxy) is 1. The number of benzene rings is 2. The maximum Gasteiger partial charge on any atom is 0.325 e. The molecule has 2 N–H and O–H groups in total. The lowest BCUT2D eigenvalue weighted by atomic mass is 10.2. The summed E-state index contributed by atoms with van der Waals surface area (Å²) in [6, 6.07) is 12.5. The van der Waals surface area contributed by atoms with Crippen molar-refractivity contribution >= 4 is 45.3 Å². The van der Waals surface area contributed by atoms with Gasteiger partial charge < -0.3 is 10.1 Å². The zero-order valence-electron chi connectivity index (χ0n) is 16.0. The summed E-state index contributed by atoms with van der Waals surface area (Å²) in [5.41, 5.74) is 0.911. The topological polar surface area (TPSA) is 102 Å². The van der Waals surface area contributed by atoms with Crippen LogP contribution in [0.5, 0.6) is 0 Å². The fourth-order valence-electron chi connectivity index (χ4n) is 2.44. The molecule has 0 spiro atoms. The van der Waals surface area contributed by atoms with Crippen LogP contribution in [0.15, 0.2) is 59.5 Å². The number of para-hydroxylation sites is 1. The average Bonchev–Trinajstić information content (AvgIpc) is 3.55. The van der Waals surface area contributed by atoms with E-state index in [1.54, 1.807) is 36.4 Å². The first-order chi connectivity index (χ1) is 14.3. The van der Waals surface area contributed by atoms with E-state index in [1.165, 1.54) is 24.3 Å². The first-order valence-corrected chi connectivity index (χ1v) is 11.2. The first-order valence-electron chi connectivity index (χ1n) is 9.32. The maximum absolute atomic E-state index is 12.5. The molecule has 1 aliphatic carbocycles. The highest BCUT2D eigenvalue weighted by molar-refractivity contribution is 7.92. The molecule has 0 heterocycles. The quantitative estimate of drug-likeness (QED) is 0.453. The van der Waals surface area contributed by atoms with Crippen molar-refractivity contribution < 1.29 is 22.7 Å².